The summed E-state index contributed by atoms with van der Waals surface area (Å²) in [6.45, 7) is 4.07. The van der Waals surface area contributed by atoms with Gasteiger partial charge in [0.1, 0.15) is 5.01 Å². The smallest absolute Gasteiger partial charge is 0.250 e. The number of amides is 1. The SMILES string of the molecule is CC(C)c1nnc(NC(=O)/C=C/c2cccc(Cl)c2)s1. The van der Waals surface area contributed by atoms with Crippen molar-refractivity contribution in [1.29, 1.82) is 0 Å². The number of aromatic nitrogens is 2. The van der Waals surface area contributed by atoms with Crippen LogP contribution in [0, 0.1) is 0 Å². The zero-order chi connectivity index (χ0) is 14.5. The van der Waals surface area contributed by atoms with E-state index in [1.54, 1.807) is 18.2 Å². The molecule has 0 aliphatic heterocycles. The lowest BCUT2D eigenvalue weighted by atomic mass is 10.2. The van der Waals surface area contributed by atoms with Crippen molar-refractivity contribution in [3.05, 3.63) is 45.9 Å². The molecule has 1 amide bonds. The summed E-state index contributed by atoms with van der Waals surface area (Å²) in [4.78, 5) is 11.8. The van der Waals surface area contributed by atoms with Crippen molar-refractivity contribution >= 4 is 40.1 Å². The predicted molar refractivity (Wildman–Crippen MR) is 83.1 cm³/mol. The van der Waals surface area contributed by atoms with E-state index in [4.69, 9.17) is 11.6 Å². The summed E-state index contributed by atoms with van der Waals surface area (Å²) < 4.78 is 0. The molecule has 104 valence electrons. The molecule has 2 aromatic rings. The van der Waals surface area contributed by atoms with Crippen LogP contribution in [0.1, 0.15) is 30.3 Å². The van der Waals surface area contributed by atoms with Crippen LogP contribution in [-0.4, -0.2) is 16.1 Å². The molecule has 0 radical (unpaired) electrons. The molecular weight excluding hydrogens is 294 g/mol. The Balaban J connectivity index is 1.98. The van der Waals surface area contributed by atoms with Gasteiger partial charge in [0.2, 0.25) is 11.0 Å². The highest BCUT2D eigenvalue weighted by atomic mass is 35.5. The molecule has 0 bridgehead atoms. The third kappa shape index (κ3) is 4.15. The van der Waals surface area contributed by atoms with Gasteiger partial charge in [0.25, 0.3) is 0 Å². The Hall–Kier alpha value is -1.72. The predicted octanol–water partition coefficient (Wildman–Crippen LogP) is 3.97. The molecule has 0 atom stereocenters. The molecular formula is C14H14ClN3OS. The van der Waals surface area contributed by atoms with Crippen LogP contribution in [0.2, 0.25) is 5.02 Å². The van der Waals surface area contributed by atoms with Gasteiger partial charge >= 0.3 is 0 Å². The molecule has 1 heterocycles. The number of nitrogens with zero attached hydrogens (tertiary/aromatic N) is 2. The fourth-order valence-electron chi connectivity index (χ4n) is 1.45. The monoisotopic (exact) mass is 307 g/mol. The van der Waals surface area contributed by atoms with Crippen LogP contribution in [-0.2, 0) is 4.79 Å². The van der Waals surface area contributed by atoms with Crippen LogP contribution < -0.4 is 5.32 Å². The lowest BCUT2D eigenvalue weighted by Gasteiger charge is -1.96. The Kier molecular flexibility index (Phi) is 4.87. The number of carbonyl (C=O) groups is 1. The number of carbonyl (C=O) groups excluding carboxylic acids is 1. The summed E-state index contributed by atoms with van der Waals surface area (Å²) in [7, 11) is 0. The second-order valence-electron chi connectivity index (χ2n) is 4.48. The Labute approximate surface area is 126 Å². The number of benzene rings is 1. The molecule has 6 heteroatoms. The summed E-state index contributed by atoms with van der Waals surface area (Å²) in [6, 6.07) is 7.28. The Morgan fingerprint density at radius 1 is 1.40 bits per heavy atom. The van der Waals surface area contributed by atoms with Crippen molar-refractivity contribution in [1.82, 2.24) is 10.2 Å². The molecule has 0 saturated carbocycles. The van der Waals surface area contributed by atoms with Crippen LogP contribution in [0.4, 0.5) is 5.13 Å². The van der Waals surface area contributed by atoms with Crippen LogP contribution in [0.5, 0.6) is 0 Å². The van der Waals surface area contributed by atoms with Gasteiger partial charge < -0.3 is 0 Å². The fourth-order valence-corrected chi connectivity index (χ4v) is 2.40. The highest BCUT2D eigenvalue weighted by Crippen LogP contribution is 2.22. The first-order valence-electron chi connectivity index (χ1n) is 6.12. The quantitative estimate of drug-likeness (QED) is 0.870. The lowest BCUT2D eigenvalue weighted by Crippen LogP contribution is -2.07. The van der Waals surface area contributed by atoms with Crippen LogP contribution >= 0.6 is 22.9 Å². The molecule has 0 unspecified atom stereocenters. The first-order chi connectivity index (χ1) is 9.54. The van der Waals surface area contributed by atoms with Gasteiger partial charge in [0.15, 0.2) is 0 Å². The molecule has 0 saturated heterocycles. The Bertz CT molecular complexity index is 637. The van der Waals surface area contributed by atoms with Gasteiger partial charge in [-0.15, -0.1) is 10.2 Å². The molecule has 2 rings (SSSR count). The minimum Gasteiger partial charge on any atom is -0.297 e. The maximum Gasteiger partial charge on any atom is 0.250 e. The standard InChI is InChI=1S/C14H14ClN3OS/c1-9(2)13-17-18-14(20-13)16-12(19)7-6-10-4-3-5-11(15)8-10/h3-9H,1-2H3,(H,16,18,19)/b7-6+. The van der Waals surface area contributed by atoms with E-state index < -0.39 is 0 Å². The average Bonchev–Trinajstić information content (AvgIpc) is 2.85. The van der Waals surface area contributed by atoms with E-state index in [0.29, 0.717) is 16.1 Å². The van der Waals surface area contributed by atoms with Crippen LogP contribution in [0.3, 0.4) is 0 Å². The summed E-state index contributed by atoms with van der Waals surface area (Å²) in [5.74, 6) is 0.0663. The maximum absolute atomic E-state index is 11.8. The molecule has 1 N–H and O–H groups in total. The first-order valence-corrected chi connectivity index (χ1v) is 7.32. The van der Waals surface area contributed by atoms with E-state index in [9.17, 15) is 4.79 Å². The van der Waals surface area contributed by atoms with Crippen molar-refractivity contribution in [3.63, 3.8) is 0 Å². The highest BCUT2D eigenvalue weighted by molar-refractivity contribution is 7.15. The number of nitrogens with one attached hydrogen (secondary N) is 1. The molecule has 0 fully saturated rings. The second kappa shape index (κ2) is 6.63. The fraction of sp³-hybridized carbons (Fsp3) is 0.214. The summed E-state index contributed by atoms with van der Waals surface area (Å²) in [5.41, 5.74) is 0.868. The Morgan fingerprint density at radius 3 is 2.85 bits per heavy atom. The number of rotatable bonds is 4. The van der Waals surface area contributed by atoms with Crippen molar-refractivity contribution < 1.29 is 4.79 Å². The molecule has 1 aromatic heterocycles. The third-order valence-corrected chi connectivity index (χ3v) is 3.81. The van der Waals surface area contributed by atoms with Crippen molar-refractivity contribution in [2.24, 2.45) is 0 Å². The number of hydrogen-bond acceptors (Lipinski definition) is 4. The van der Waals surface area contributed by atoms with E-state index >= 15 is 0 Å². The maximum atomic E-state index is 11.8. The van der Waals surface area contributed by atoms with Crippen molar-refractivity contribution in [2.75, 3.05) is 5.32 Å². The normalized spacial score (nSPS) is 11.2. The highest BCUT2D eigenvalue weighted by Gasteiger charge is 2.08. The van der Waals surface area contributed by atoms with Gasteiger partial charge in [-0.1, -0.05) is 48.9 Å². The summed E-state index contributed by atoms with van der Waals surface area (Å²) in [6.07, 6.45) is 3.15. The minimum absolute atomic E-state index is 0.239. The van der Waals surface area contributed by atoms with E-state index in [2.05, 4.69) is 15.5 Å². The molecule has 20 heavy (non-hydrogen) atoms. The van der Waals surface area contributed by atoms with Gasteiger partial charge in [0.05, 0.1) is 0 Å². The molecule has 1 aromatic carbocycles. The van der Waals surface area contributed by atoms with Gasteiger partial charge in [-0.05, 0) is 23.8 Å². The number of anilines is 1. The molecule has 0 aliphatic rings. The third-order valence-electron chi connectivity index (χ3n) is 2.44. The topological polar surface area (TPSA) is 54.9 Å². The van der Waals surface area contributed by atoms with Crippen LogP contribution in [0.25, 0.3) is 6.08 Å². The van der Waals surface area contributed by atoms with E-state index in [1.807, 2.05) is 26.0 Å². The lowest BCUT2D eigenvalue weighted by molar-refractivity contribution is -0.111. The average molecular weight is 308 g/mol. The number of hydrogen-bond donors (Lipinski definition) is 1. The molecule has 0 spiro atoms. The zero-order valence-corrected chi connectivity index (χ0v) is 12.7. The Morgan fingerprint density at radius 2 is 2.20 bits per heavy atom. The summed E-state index contributed by atoms with van der Waals surface area (Å²) >= 11 is 7.26. The van der Waals surface area contributed by atoms with Gasteiger partial charge in [-0.2, -0.15) is 0 Å². The zero-order valence-electron chi connectivity index (χ0n) is 11.1. The molecule has 0 aliphatic carbocycles. The first kappa shape index (κ1) is 14.7. The number of halogens is 1. The van der Waals surface area contributed by atoms with E-state index in [1.165, 1.54) is 17.4 Å². The van der Waals surface area contributed by atoms with Crippen molar-refractivity contribution in [3.8, 4) is 0 Å². The summed E-state index contributed by atoms with van der Waals surface area (Å²) in [5, 5.41) is 12.7. The van der Waals surface area contributed by atoms with Gasteiger partial charge in [-0.3, -0.25) is 10.1 Å². The van der Waals surface area contributed by atoms with E-state index in [0.717, 1.165) is 10.6 Å². The largest absolute Gasteiger partial charge is 0.297 e. The molecule has 4 nitrogen and oxygen atoms in total. The second-order valence-corrected chi connectivity index (χ2v) is 5.92. The minimum atomic E-state index is -0.239. The van der Waals surface area contributed by atoms with Crippen molar-refractivity contribution in [2.45, 2.75) is 19.8 Å². The van der Waals surface area contributed by atoms with Gasteiger partial charge in [-0.25, -0.2) is 0 Å². The van der Waals surface area contributed by atoms with Gasteiger partial charge in [0, 0.05) is 17.0 Å². The van der Waals surface area contributed by atoms with Crippen LogP contribution in [0.15, 0.2) is 30.3 Å². The van der Waals surface area contributed by atoms with E-state index in [-0.39, 0.29) is 5.91 Å².